The standard InChI is InChI=1S/C40H85N3/c1-4-7-10-13-16-19-22-25-28-31-34-39(43-38-37-41)40(42,35-32-29-26-23-20-17-14-11-8-5-2)36-33-30-27-24-21-18-15-12-9-6-3/h39,43H,4-38,41-42H2,1-3H3. The van der Waals surface area contributed by atoms with Gasteiger partial charge in [0, 0.05) is 24.7 Å². The Hall–Kier alpha value is -0.120. The Balaban J connectivity index is 4.62. The number of nitrogens with one attached hydrogen (secondary N) is 1. The highest BCUT2D eigenvalue weighted by Crippen LogP contribution is 2.28. The maximum absolute atomic E-state index is 7.42. The average molecular weight is 608 g/mol. The van der Waals surface area contributed by atoms with E-state index in [0.717, 1.165) is 6.54 Å². The molecule has 0 saturated carbocycles. The van der Waals surface area contributed by atoms with Crippen LogP contribution in [0.15, 0.2) is 0 Å². The summed E-state index contributed by atoms with van der Waals surface area (Å²) in [6, 6.07) is 0.419. The summed E-state index contributed by atoms with van der Waals surface area (Å²) in [6.45, 7) is 8.53. The minimum atomic E-state index is -0.0747. The molecular formula is C40H85N3. The Kier molecular flexibility index (Phi) is 34.7. The van der Waals surface area contributed by atoms with Gasteiger partial charge < -0.3 is 16.8 Å². The fourth-order valence-corrected chi connectivity index (χ4v) is 7.04. The number of hydrogen-bond donors (Lipinski definition) is 3. The largest absolute Gasteiger partial charge is 0.329 e. The quantitative estimate of drug-likeness (QED) is 0.0615. The summed E-state index contributed by atoms with van der Waals surface area (Å²) < 4.78 is 0. The molecular weight excluding hydrogens is 522 g/mol. The number of rotatable bonds is 37. The number of unbranched alkanes of at least 4 members (excludes halogenated alkanes) is 27. The molecule has 0 radical (unpaired) electrons. The van der Waals surface area contributed by atoms with E-state index in [1.54, 1.807) is 0 Å². The van der Waals surface area contributed by atoms with E-state index in [2.05, 4.69) is 26.1 Å². The Morgan fingerprint density at radius 3 is 1.00 bits per heavy atom. The summed E-state index contributed by atoms with van der Waals surface area (Å²) in [4.78, 5) is 0. The number of nitrogens with two attached hydrogens (primary N) is 2. The van der Waals surface area contributed by atoms with Crippen LogP contribution in [0.2, 0.25) is 0 Å². The van der Waals surface area contributed by atoms with Gasteiger partial charge in [0.1, 0.15) is 0 Å². The molecule has 0 rings (SSSR count). The van der Waals surface area contributed by atoms with Crippen molar-refractivity contribution in [2.24, 2.45) is 11.5 Å². The van der Waals surface area contributed by atoms with E-state index >= 15 is 0 Å². The minimum Gasteiger partial charge on any atom is -0.329 e. The van der Waals surface area contributed by atoms with Crippen molar-refractivity contribution >= 4 is 0 Å². The number of hydrogen-bond acceptors (Lipinski definition) is 3. The lowest BCUT2D eigenvalue weighted by molar-refractivity contribution is 0.230. The fourth-order valence-electron chi connectivity index (χ4n) is 7.04. The highest BCUT2D eigenvalue weighted by atomic mass is 15.0. The zero-order chi connectivity index (χ0) is 31.5. The fraction of sp³-hybridized carbons (Fsp3) is 1.00. The van der Waals surface area contributed by atoms with E-state index in [1.165, 1.54) is 212 Å². The summed E-state index contributed by atoms with van der Waals surface area (Å²) in [5.41, 5.74) is 13.3. The molecule has 0 bridgehead atoms. The molecule has 0 aliphatic carbocycles. The van der Waals surface area contributed by atoms with Crippen molar-refractivity contribution in [2.75, 3.05) is 13.1 Å². The van der Waals surface area contributed by atoms with Crippen LogP contribution in [0.5, 0.6) is 0 Å². The highest BCUT2D eigenvalue weighted by molar-refractivity contribution is 4.96. The van der Waals surface area contributed by atoms with Crippen molar-refractivity contribution in [1.82, 2.24) is 5.32 Å². The first-order chi connectivity index (χ1) is 21.1. The van der Waals surface area contributed by atoms with Gasteiger partial charge in [-0.25, -0.2) is 0 Å². The smallest absolute Gasteiger partial charge is 0.0309 e. The molecule has 1 unspecified atom stereocenters. The second kappa shape index (κ2) is 34.7. The molecule has 0 aromatic heterocycles. The van der Waals surface area contributed by atoms with Crippen LogP contribution in [0, 0.1) is 0 Å². The Labute approximate surface area is 273 Å². The third-order valence-electron chi connectivity index (χ3n) is 10.1. The van der Waals surface area contributed by atoms with Gasteiger partial charge in [-0.3, -0.25) is 0 Å². The lowest BCUT2D eigenvalue weighted by atomic mass is 9.78. The van der Waals surface area contributed by atoms with E-state index in [9.17, 15) is 0 Å². The molecule has 0 aromatic carbocycles. The van der Waals surface area contributed by atoms with Crippen LogP contribution in [0.1, 0.15) is 233 Å². The molecule has 43 heavy (non-hydrogen) atoms. The summed E-state index contributed by atoms with van der Waals surface area (Å²) in [5, 5.41) is 3.86. The summed E-state index contributed by atoms with van der Waals surface area (Å²) in [6.07, 6.45) is 45.4. The second-order valence-corrected chi connectivity index (χ2v) is 14.4. The maximum Gasteiger partial charge on any atom is 0.0309 e. The molecule has 0 aliphatic rings. The summed E-state index contributed by atoms with van der Waals surface area (Å²) in [7, 11) is 0. The lowest BCUT2D eigenvalue weighted by Crippen LogP contribution is -2.58. The lowest BCUT2D eigenvalue weighted by Gasteiger charge is -2.39. The molecule has 3 nitrogen and oxygen atoms in total. The second-order valence-electron chi connectivity index (χ2n) is 14.4. The predicted molar refractivity (Wildman–Crippen MR) is 197 cm³/mol. The zero-order valence-electron chi connectivity index (χ0n) is 30.5. The molecule has 260 valence electrons. The molecule has 0 aromatic rings. The first-order valence-electron chi connectivity index (χ1n) is 20.4. The van der Waals surface area contributed by atoms with E-state index in [0.29, 0.717) is 12.6 Å². The molecule has 5 N–H and O–H groups in total. The topological polar surface area (TPSA) is 64.1 Å². The Morgan fingerprint density at radius 2 is 0.698 bits per heavy atom. The van der Waals surface area contributed by atoms with E-state index in [4.69, 9.17) is 11.5 Å². The van der Waals surface area contributed by atoms with Gasteiger partial charge in [0.15, 0.2) is 0 Å². The SMILES string of the molecule is CCCCCCCCCCCCC(NCCN)C(N)(CCCCCCCCCCCC)CCCCCCCCCCCC. The van der Waals surface area contributed by atoms with Gasteiger partial charge in [-0.2, -0.15) is 0 Å². The van der Waals surface area contributed by atoms with E-state index in [-0.39, 0.29) is 5.54 Å². The first-order valence-corrected chi connectivity index (χ1v) is 20.4. The van der Waals surface area contributed by atoms with Gasteiger partial charge in [0.05, 0.1) is 0 Å². The molecule has 0 amide bonds. The highest BCUT2D eigenvalue weighted by Gasteiger charge is 2.33. The van der Waals surface area contributed by atoms with E-state index < -0.39 is 0 Å². The third-order valence-corrected chi connectivity index (χ3v) is 10.1. The normalized spacial score (nSPS) is 12.8. The van der Waals surface area contributed by atoms with Crippen molar-refractivity contribution in [2.45, 2.75) is 244 Å². The van der Waals surface area contributed by atoms with Crippen LogP contribution < -0.4 is 16.8 Å². The molecule has 0 saturated heterocycles. The van der Waals surface area contributed by atoms with Gasteiger partial charge in [0.2, 0.25) is 0 Å². The van der Waals surface area contributed by atoms with Crippen LogP contribution in [0.3, 0.4) is 0 Å². The van der Waals surface area contributed by atoms with Crippen LogP contribution >= 0.6 is 0 Å². The van der Waals surface area contributed by atoms with Crippen LogP contribution in [-0.2, 0) is 0 Å². The molecule has 0 spiro atoms. The third kappa shape index (κ3) is 29.1. The molecule has 3 heteroatoms. The van der Waals surface area contributed by atoms with Gasteiger partial charge in [-0.15, -0.1) is 0 Å². The molecule has 0 fully saturated rings. The van der Waals surface area contributed by atoms with Crippen molar-refractivity contribution in [1.29, 1.82) is 0 Å². The van der Waals surface area contributed by atoms with E-state index in [1.807, 2.05) is 0 Å². The predicted octanol–water partition coefficient (Wildman–Crippen LogP) is 12.5. The van der Waals surface area contributed by atoms with Crippen molar-refractivity contribution in [3.63, 3.8) is 0 Å². The van der Waals surface area contributed by atoms with Crippen LogP contribution in [-0.4, -0.2) is 24.7 Å². The van der Waals surface area contributed by atoms with Gasteiger partial charge in [-0.05, 0) is 19.3 Å². The summed E-state index contributed by atoms with van der Waals surface area (Å²) >= 11 is 0. The van der Waals surface area contributed by atoms with Crippen LogP contribution in [0.4, 0.5) is 0 Å². The first kappa shape index (κ1) is 42.9. The molecule has 0 aliphatic heterocycles. The monoisotopic (exact) mass is 608 g/mol. The summed E-state index contributed by atoms with van der Waals surface area (Å²) in [5.74, 6) is 0. The molecule has 1 atom stereocenters. The molecule has 0 heterocycles. The van der Waals surface area contributed by atoms with Crippen molar-refractivity contribution in [3.05, 3.63) is 0 Å². The minimum absolute atomic E-state index is 0.0747. The Morgan fingerprint density at radius 1 is 0.419 bits per heavy atom. The van der Waals surface area contributed by atoms with Crippen molar-refractivity contribution in [3.8, 4) is 0 Å². The zero-order valence-corrected chi connectivity index (χ0v) is 30.5. The van der Waals surface area contributed by atoms with Gasteiger partial charge in [0.25, 0.3) is 0 Å². The maximum atomic E-state index is 7.42. The van der Waals surface area contributed by atoms with Gasteiger partial charge >= 0.3 is 0 Å². The van der Waals surface area contributed by atoms with Crippen LogP contribution in [0.25, 0.3) is 0 Å². The average Bonchev–Trinajstić information content (AvgIpc) is 3.01. The van der Waals surface area contributed by atoms with Gasteiger partial charge in [-0.1, -0.05) is 213 Å². The van der Waals surface area contributed by atoms with Crippen molar-refractivity contribution < 1.29 is 0 Å². The Bertz CT molecular complexity index is 484.